The van der Waals surface area contributed by atoms with Crippen molar-refractivity contribution in [1.82, 2.24) is 10.3 Å². The Morgan fingerprint density at radius 2 is 2.00 bits per heavy atom. The molecule has 146 valence electrons. The maximum Gasteiger partial charge on any atom is 0.270 e. The lowest BCUT2D eigenvalue weighted by Gasteiger charge is -2.14. The minimum Gasteiger partial charge on any atom is -0.491 e. The lowest BCUT2D eigenvalue weighted by molar-refractivity contribution is 0.0912. The molecule has 1 aromatic heterocycles. The summed E-state index contributed by atoms with van der Waals surface area (Å²) in [5, 5.41) is 16.2. The van der Waals surface area contributed by atoms with Crippen molar-refractivity contribution in [2.45, 2.75) is 26.1 Å². The van der Waals surface area contributed by atoms with Gasteiger partial charge in [0, 0.05) is 22.5 Å². The van der Waals surface area contributed by atoms with Crippen molar-refractivity contribution in [1.29, 1.82) is 0 Å². The second kappa shape index (κ2) is 9.19. The molecule has 5 nitrogen and oxygen atoms in total. The average Bonchev–Trinajstić information content (AvgIpc) is 3.16. The third-order valence-corrected chi connectivity index (χ3v) is 5.04. The minimum absolute atomic E-state index is 0.0478. The molecule has 0 saturated carbocycles. The lowest BCUT2D eigenvalue weighted by Crippen LogP contribution is -2.28. The van der Waals surface area contributed by atoms with Crippen LogP contribution in [-0.4, -0.2) is 28.6 Å². The van der Waals surface area contributed by atoms with Crippen LogP contribution in [0.5, 0.6) is 5.75 Å². The second-order valence-electron chi connectivity index (χ2n) is 6.51. The number of nitrogens with zero attached hydrogens (tertiary/aromatic N) is 1. The van der Waals surface area contributed by atoms with Crippen molar-refractivity contribution < 1.29 is 14.6 Å². The quantitative estimate of drug-likeness (QED) is 0.584. The normalized spacial score (nSPS) is 12.0. The van der Waals surface area contributed by atoms with Gasteiger partial charge in [-0.25, -0.2) is 4.98 Å². The summed E-state index contributed by atoms with van der Waals surface area (Å²) in [7, 11) is 0. The van der Waals surface area contributed by atoms with Crippen LogP contribution in [-0.2, 0) is 0 Å². The highest BCUT2D eigenvalue weighted by atomic mass is 35.5. The van der Waals surface area contributed by atoms with Gasteiger partial charge in [-0.1, -0.05) is 35.9 Å². The Balaban J connectivity index is 1.60. The number of carbonyl (C=O) groups is 1. The van der Waals surface area contributed by atoms with Gasteiger partial charge >= 0.3 is 0 Å². The van der Waals surface area contributed by atoms with E-state index in [1.165, 1.54) is 11.3 Å². The average molecular weight is 417 g/mol. The van der Waals surface area contributed by atoms with Crippen molar-refractivity contribution in [3.8, 4) is 16.3 Å². The van der Waals surface area contributed by atoms with Gasteiger partial charge in [-0.2, -0.15) is 0 Å². The topological polar surface area (TPSA) is 71.5 Å². The number of hydrogen-bond donors (Lipinski definition) is 2. The highest BCUT2D eigenvalue weighted by molar-refractivity contribution is 7.13. The van der Waals surface area contributed by atoms with Crippen LogP contribution in [0.1, 0.15) is 36.0 Å². The number of amides is 1. The van der Waals surface area contributed by atoms with Crippen LogP contribution in [0.4, 0.5) is 0 Å². The van der Waals surface area contributed by atoms with Crippen LogP contribution in [0.3, 0.4) is 0 Å². The largest absolute Gasteiger partial charge is 0.491 e. The van der Waals surface area contributed by atoms with Crippen molar-refractivity contribution in [2.24, 2.45) is 0 Å². The summed E-state index contributed by atoms with van der Waals surface area (Å²) in [6, 6.07) is 14.5. The Labute approximate surface area is 173 Å². The fourth-order valence-electron chi connectivity index (χ4n) is 2.57. The molecule has 3 rings (SSSR count). The number of ether oxygens (including phenoxy) is 1. The summed E-state index contributed by atoms with van der Waals surface area (Å²) >= 11 is 7.28. The zero-order chi connectivity index (χ0) is 20.1. The number of rotatable bonds is 7. The van der Waals surface area contributed by atoms with Crippen LogP contribution in [0.25, 0.3) is 10.6 Å². The third-order valence-electron chi connectivity index (χ3n) is 3.90. The molecule has 1 unspecified atom stereocenters. The van der Waals surface area contributed by atoms with Gasteiger partial charge < -0.3 is 15.2 Å². The first-order chi connectivity index (χ1) is 13.4. The number of aliphatic hydroxyl groups is 1. The predicted molar refractivity (Wildman–Crippen MR) is 112 cm³/mol. The molecule has 28 heavy (non-hydrogen) atoms. The fraction of sp³-hybridized carbons (Fsp3) is 0.238. The molecule has 0 aliphatic carbocycles. The Morgan fingerprint density at radius 1 is 1.25 bits per heavy atom. The van der Waals surface area contributed by atoms with Crippen LogP contribution in [0.2, 0.25) is 5.02 Å². The molecule has 2 N–H and O–H groups in total. The molecule has 0 fully saturated rings. The van der Waals surface area contributed by atoms with Gasteiger partial charge in [0.25, 0.3) is 5.91 Å². The van der Waals surface area contributed by atoms with E-state index >= 15 is 0 Å². The first-order valence-electron chi connectivity index (χ1n) is 8.86. The minimum atomic E-state index is -0.839. The molecular formula is C21H21ClN2O3S. The van der Waals surface area contributed by atoms with Crippen LogP contribution in [0, 0.1) is 0 Å². The maximum absolute atomic E-state index is 12.4. The standard InChI is InChI=1S/C21H21ClN2O3S/c1-13(2)27-17-5-3-4-15(10-17)19(25)11-23-20(26)18-12-28-21(24-18)14-6-8-16(22)9-7-14/h3-10,12-13,19,25H,11H2,1-2H3,(H,23,26). The van der Waals surface area contributed by atoms with Crippen molar-refractivity contribution in [2.75, 3.05) is 6.54 Å². The molecule has 1 amide bonds. The summed E-state index contributed by atoms with van der Waals surface area (Å²) in [4.78, 5) is 16.7. The van der Waals surface area contributed by atoms with E-state index in [9.17, 15) is 9.90 Å². The number of benzene rings is 2. The highest BCUT2D eigenvalue weighted by Gasteiger charge is 2.15. The Morgan fingerprint density at radius 3 is 2.71 bits per heavy atom. The molecular weight excluding hydrogens is 396 g/mol. The molecule has 0 saturated heterocycles. The number of halogens is 1. The molecule has 1 heterocycles. The zero-order valence-corrected chi connectivity index (χ0v) is 17.1. The molecule has 0 radical (unpaired) electrons. The van der Waals surface area contributed by atoms with Crippen LogP contribution >= 0.6 is 22.9 Å². The van der Waals surface area contributed by atoms with Gasteiger partial charge in [-0.15, -0.1) is 11.3 Å². The number of thiazole rings is 1. The predicted octanol–water partition coefficient (Wildman–Crippen LogP) is 4.71. The number of aromatic nitrogens is 1. The van der Waals surface area contributed by atoms with E-state index in [2.05, 4.69) is 10.3 Å². The molecule has 0 aliphatic heterocycles. The molecule has 0 bridgehead atoms. The van der Waals surface area contributed by atoms with E-state index in [-0.39, 0.29) is 18.6 Å². The lowest BCUT2D eigenvalue weighted by atomic mass is 10.1. The molecule has 0 spiro atoms. The summed E-state index contributed by atoms with van der Waals surface area (Å²) in [6.07, 6.45) is -0.791. The first-order valence-corrected chi connectivity index (χ1v) is 10.1. The Hall–Kier alpha value is -2.41. The van der Waals surface area contributed by atoms with E-state index < -0.39 is 6.10 Å². The molecule has 3 aromatic rings. The fourth-order valence-corrected chi connectivity index (χ4v) is 3.50. The molecule has 0 aliphatic rings. The number of carbonyl (C=O) groups excluding carboxylic acids is 1. The van der Waals surface area contributed by atoms with E-state index in [1.807, 2.05) is 38.1 Å². The maximum atomic E-state index is 12.4. The number of aliphatic hydroxyl groups excluding tert-OH is 1. The number of hydrogen-bond acceptors (Lipinski definition) is 5. The highest BCUT2D eigenvalue weighted by Crippen LogP contribution is 2.25. The van der Waals surface area contributed by atoms with Crippen molar-refractivity contribution >= 4 is 28.8 Å². The second-order valence-corrected chi connectivity index (χ2v) is 7.80. The van der Waals surface area contributed by atoms with Crippen molar-refractivity contribution in [3.63, 3.8) is 0 Å². The summed E-state index contributed by atoms with van der Waals surface area (Å²) in [5.74, 6) is 0.357. The summed E-state index contributed by atoms with van der Waals surface area (Å²) < 4.78 is 5.64. The summed E-state index contributed by atoms with van der Waals surface area (Å²) in [5.41, 5.74) is 1.90. The van der Waals surface area contributed by atoms with Gasteiger partial charge in [0.15, 0.2) is 0 Å². The number of nitrogens with one attached hydrogen (secondary N) is 1. The summed E-state index contributed by atoms with van der Waals surface area (Å²) in [6.45, 7) is 3.96. The molecule has 7 heteroatoms. The van der Waals surface area contributed by atoms with E-state index in [4.69, 9.17) is 16.3 Å². The zero-order valence-electron chi connectivity index (χ0n) is 15.6. The third kappa shape index (κ3) is 5.32. The monoisotopic (exact) mass is 416 g/mol. The smallest absolute Gasteiger partial charge is 0.270 e. The van der Waals surface area contributed by atoms with E-state index in [1.54, 1.807) is 29.6 Å². The van der Waals surface area contributed by atoms with Crippen molar-refractivity contribution in [3.05, 3.63) is 70.2 Å². The van der Waals surface area contributed by atoms with E-state index in [0.29, 0.717) is 22.0 Å². The SMILES string of the molecule is CC(C)Oc1cccc(C(O)CNC(=O)c2csc(-c3ccc(Cl)cc3)n2)c1. The molecule has 1 atom stereocenters. The van der Waals surface area contributed by atoms with Gasteiger partial charge in [0.1, 0.15) is 16.5 Å². The first kappa shape index (κ1) is 20.3. The van der Waals surface area contributed by atoms with Gasteiger partial charge in [0.05, 0.1) is 12.2 Å². The molecule has 2 aromatic carbocycles. The van der Waals surface area contributed by atoms with Gasteiger partial charge in [-0.3, -0.25) is 4.79 Å². The van der Waals surface area contributed by atoms with Crippen LogP contribution < -0.4 is 10.1 Å². The Kier molecular flexibility index (Phi) is 6.67. The van der Waals surface area contributed by atoms with Gasteiger partial charge in [0.2, 0.25) is 0 Å². The van der Waals surface area contributed by atoms with E-state index in [0.717, 1.165) is 10.6 Å². The van der Waals surface area contributed by atoms with Gasteiger partial charge in [-0.05, 0) is 43.7 Å². The van der Waals surface area contributed by atoms with Crippen LogP contribution in [0.15, 0.2) is 53.9 Å². The Bertz CT molecular complexity index is 941.